The first-order valence-electron chi connectivity index (χ1n) is 7.03. The molecular weight excluding hydrogens is 256 g/mol. The van der Waals surface area contributed by atoms with Gasteiger partial charge >= 0.3 is 5.97 Å². The molecule has 0 aliphatic rings. The van der Waals surface area contributed by atoms with Crippen LogP contribution in [0.25, 0.3) is 0 Å². The highest BCUT2D eigenvalue weighted by molar-refractivity contribution is 5.84. The first-order valence-corrected chi connectivity index (χ1v) is 7.03. The van der Waals surface area contributed by atoms with E-state index in [1.54, 1.807) is 6.07 Å². The summed E-state index contributed by atoms with van der Waals surface area (Å²) in [6.07, 6.45) is 0. The van der Waals surface area contributed by atoms with Crippen molar-refractivity contribution in [3.8, 4) is 0 Å². The topological polar surface area (TPSA) is 56.9 Å². The van der Waals surface area contributed by atoms with Gasteiger partial charge in [-0.1, -0.05) is 13.8 Å². The molecule has 0 saturated heterocycles. The minimum Gasteiger partial charge on any atom is -0.475 e. The van der Waals surface area contributed by atoms with E-state index < -0.39 is 5.97 Å². The molecule has 5 nitrogen and oxygen atoms in total. The highest BCUT2D eigenvalue weighted by atomic mass is 16.4. The summed E-state index contributed by atoms with van der Waals surface area (Å²) in [6, 6.07) is 3.36. The fraction of sp³-hybridized carbons (Fsp3) is 0.667. The van der Waals surface area contributed by atoms with Crippen LogP contribution in [0.1, 0.15) is 43.1 Å². The molecule has 0 aromatic carbocycles. The molecule has 0 fully saturated rings. The van der Waals surface area contributed by atoms with Crippen molar-refractivity contribution in [1.29, 1.82) is 0 Å². The average Bonchev–Trinajstić information content (AvgIpc) is 2.82. The van der Waals surface area contributed by atoms with E-state index in [4.69, 9.17) is 9.52 Å². The third kappa shape index (κ3) is 4.98. The molecule has 0 amide bonds. The molecule has 20 heavy (non-hydrogen) atoms. The fourth-order valence-corrected chi connectivity index (χ4v) is 2.11. The number of carboxylic acid groups (broad SMARTS) is 1. The Morgan fingerprint density at radius 3 is 2.35 bits per heavy atom. The van der Waals surface area contributed by atoms with E-state index in [9.17, 15) is 4.79 Å². The normalized spacial score (nSPS) is 13.4. The third-order valence-corrected chi connectivity index (χ3v) is 3.23. The van der Waals surface area contributed by atoms with Crippen LogP contribution in [0.2, 0.25) is 0 Å². The van der Waals surface area contributed by atoms with Crippen LogP contribution in [-0.2, 0) is 0 Å². The molecule has 1 heterocycles. The number of nitrogens with zero attached hydrogens (tertiary/aromatic N) is 2. The molecule has 114 valence electrons. The van der Waals surface area contributed by atoms with Crippen LogP contribution < -0.4 is 0 Å². The fourth-order valence-electron chi connectivity index (χ4n) is 2.11. The van der Waals surface area contributed by atoms with Crippen molar-refractivity contribution in [2.75, 3.05) is 33.7 Å². The molecule has 1 unspecified atom stereocenters. The highest BCUT2D eigenvalue weighted by Gasteiger charge is 2.21. The summed E-state index contributed by atoms with van der Waals surface area (Å²) < 4.78 is 5.42. The lowest BCUT2D eigenvalue weighted by Gasteiger charge is -2.30. The van der Waals surface area contributed by atoms with Gasteiger partial charge in [0.25, 0.3) is 0 Å². The quantitative estimate of drug-likeness (QED) is 0.794. The first kappa shape index (κ1) is 16.7. The van der Waals surface area contributed by atoms with Crippen molar-refractivity contribution in [3.05, 3.63) is 23.7 Å². The maximum absolute atomic E-state index is 10.9. The third-order valence-electron chi connectivity index (χ3n) is 3.23. The highest BCUT2D eigenvalue weighted by Crippen LogP contribution is 2.23. The summed E-state index contributed by atoms with van der Waals surface area (Å²) >= 11 is 0. The van der Waals surface area contributed by atoms with E-state index in [-0.39, 0.29) is 11.8 Å². The Morgan fingerprint density at radius 1 is 1.25 bits per heavy atom. The van der Waals surface area contributed by atoms with Gasteiger partial charge in [-0.3, -0.25) is 4.90 Å². The standard InChI is InChI=1S/C15H26N2O3/c1-11(2)10-17(9-8-16(4)5)12(3)13-6-7-14(20-13)15(18)19/h6-7,11-12H,8-10H2,1-5H3,(H,18,19). The SMILES string of the molecule is CC(C)CN(CCN(C)C)C(C)c1ccc(C(=O)O)o1. The lowest BCUT2D eigenvalue weighted by Crippen LogP contribution is -2.36. The van der Waals surface area contributed by atoms with Crippen LogP contribution in [-0.4, -0.2) is 54.6 Å². The first-order chi connectivity index (χ1) is 9.31. The number of hydrogen-bond acceptors (Lipinski definition) is 4. The summed E-state index contributed by atoms with van der Waals surface area (Å²) in [5.41, 5.74) is 0. The Labute approximate surface area is 121 Å². The maximum atomic E-state index is 10.9. The second-order valence-corrected chi connectivity index (χ2v) is 5.88. The maximum Gasteiger partial charge on any atom is 0.371 e. The van der Waals surface area contributed by atoms with Gasteiger partial charge in [0, 0.05) is 19.6 Å². The zero-order valence-electron chi connectivity index (χ0n) is 13.1. The summed E-state index contributed by atoms with van der Waals surface area (Å²) in [5.74, 6) is 0.242. The smallest absolute Gasteiger partial charge is 0.371 e. The number of rotatable bonds is 8. The Bertz CT molecular complexity index is 427. The van der Waals surface area contributed by atoms with Crippen molar-refractivity contribution < 1.29 is 14.3 Å². The number of furan rings is 1. The number of likely N-dealkylation sites (N-methyl/N-ethyl adjacent to an activating group) is 1. The van der Waals surface area contributed by atoms with Gasteiger partial charge in [-0.15, -0.1) is 0 Å². The van der Waals surface area contributed by atoms with E-state index in [1.807, 2.05) is 14.1 Å². The van der Waals surface area contributed by atoms with Gasteiger partial charge in [0.15, 0.2) is 0 Å². The van der Waals surface area contributed by atoms with E-state index in [0.717, 1.165) is 19.6 Å². The number of carbonyl (C=O) groups is 1. The monoisotopic (exact) mass is 282 g/mol. The van der Waals surface area contributed by atoms with Crippen molar-refractivity contribution in [3.63, 3.8) is 0 Å². The molecule has 1 rings (SSSR count). The van der Waals surface area contributed by atoms with Crippen molar-refractivity contribution in [2.24, 2.45) is 5.92 Å². The minimum absolute atomic E-state index is 0.00366. The summed E-state index contributed by atoms with van der Waals surface area (Å²) in [7, 11) is 4.10. The lowest BCUT2D eigenvalue weighted by molar-refractivity contribution is 0.0654. The summed E-state index contributed by atoms with van der Waals surface area (Å²) in [6.45, 7) is 9.26. The second-order valence-electron chi connectivity index (χ2n) is 5.88. The van der Waals surface area contributed by atoms with Gasteiger partial charge in [-0.2, -0.15) is 0 Å². The molecule has 0 aliphatic heterocycles. The second kappa shape index (κ2) is 7.45. The Balaban J connectivity index is 2.78. The van der Waals surface area contributed by atoms with E-state index >= 15 is 0 Å². The molecule has 0 aliphatic carbocycles. The predicted octanol–water partition coefficient (Wildman–Crippen LogP) is 2.56. The van der Waals surface area contributed by atoms with Crippen molar-refractivity contribution in [2.45, 2.75) is 26.8 Å². The molecule has 1 atom stereocenters. The molecular formula is C15H26N2O3. The summed E-state index contributed by atoms with van der Waals surface area (Å²) in [4.78, 5) is 15.4. The van der Waals surface area contributed by atoms with E-state index in [1.165, 1.54) is 6.07 Å². The van der Waals surface area contributed by atoms with Gasteiger partial charge in [0.1, 0.15) is 5.76 Å². The molecule has 1 aromatic heterocycles. The van der Waals surface area contributed by atoms with Crippen molar-refractivity contribution in [1.82, 2.24) is 9.80 Å². The Hall–Kier alpha value is -1.33. The molecule has 0 saturated carbocycles. The molecule has 0 bridgehead atoms. The predicted molar refractivity (Wildman–Crippen MR) is 79.0 cm³/mol. The van der Waals surface area contributed by atoms with Gasteiger partial charge in [0.2, 0.25) is 5.76 Å². The number of carboxylic acids is 1. The van der Waals surface area contributed by atoms with Gasteiger partial charge in [-0.05, 0) is 39.1 Å². The van der Waals surface area contributed by atoms with Crippen LogP contribution in [0.15, 0.2) is 16.5 Å². The molecule has 5 heteroatoms. The number of hydrogen-bond donors (Lipinski definition) is 1. The van der Waals surface area contributed by atoms with Gasteiger partial charge < -0.3 is 14.4 Å². The summed E-state index contributed by atoms with van der Waals surface area (Å²) in [5, 5.41) is 8.93. The lowest BCUT2D eigenvalue weighted by atomic mass is 10.1. The molecule has 0 radical (unpaired) electrons. The zero-order valence-corrected chi connectivity index (χ0v) is 13.1. The Kier molecular flexibility index (Phi) is 6.23. The van der Waals surface area contributed by atoms with E-state index in [2.05, 4.69) is 30.6 Å². The Morgan fingerprint density at radius 2 is 1.90 bits per heavy atom. The molecule has 1 N–H and O–H groups in total. The molecule has 1 aromatic rings. The largest absolute Gasteiger partial charge is 0.475 e. The van der Waals surface area contributed by atoms with Crippen LogP contribution in [0.4, 0.5) is 0 Å². The zero-order chi connectivity index (χ0) is 15.3. The van der Waals surface area contributed by atoms with Crippen LogP contribution in [0.3, 0.4) is 0 Å². The van der Waals surface area contributed by atoms with Gasteiger partial charge in [0.05, 0.1) is 6.04 Å². The van der Waals surface area contributed by atoms with E-state index in [0.29, 0.717) is 11.7 Å². The number of aromatic carboxylic acids is 1. The van der Waals surface area contributed by atoms with Crippen LogP contribution in [0.5, 0.6) is 0 Å². The van der Waals surface area contributed by atoms with Gasteiger partial charge in [-0.25, -0.2) is 4.79 Å². The molecule has 0 spiro atoms. The minimum atomic E-state index is -1.02. The van der Waals surface area contributed by atoms with Crippen LogP contribution in [0, 0.1) is 5.92 Å². The van der Waals surface area contributed by atoms with Crippen LogP contribution >= 0.6 is 0 Å². The average molecular weight is 282 g/mol. The van der Waals surface area contributed by atoms with Crippen molar-refractivity contribution >= 4 is 5.97 Å².